The molecule has 2 aliphatic rings. The first-order valence-electron chi connectivity index (χ1n) is 10.2. The van der Waals surface area contributed by atoms with Crippen molar-refractivity contribution in [2.45, 2.75) is 64.5 Å². The van der Waals surface area contributed by atoms with Crippen molar-refractivity contribution in [3.05, 3.63) is 24.3 Å². The largest absolute Gasteiger partial charge is 0.489 e. The van der Waals surface area contributed by atoms with Gasteiger partial charge in [-0.05, 0) is 38.8 Å². The van der Waals surface area contributed by atoms with Gasteiger partial charge in [0.2, 0.25) is 0 Å². The fourth-order valence-electron chi connectivity index (χ4n) is 3.91. The van der Waals surface area contributed by atoms with Gasteiger partial charge < -0.3 is 19.9 Å². The fraction of sp³-hybridized carbons (Fsp3) is 0.667. The van der Waals surface area contributed by atoms with Gasteiger partial charge in [-0.3, -0.25) is 0 Å². The van der Waals surface area contributed by atoms with Crippen molar-refractivity contribution >= 4 is 11.7 Å². The highest BCUT2D eigenvalue weighted by molar-refractivity contribution is 5.75. The van der Waals surface area contributed by atoms with Gasteiger partial charge in [0.15, 0.2) is 0 Å². The van der Waals surface area contributed by atoms with Crippen LogP contribution in [0.25, 0.3) is 0 Å². The molecule has 2 amide bonds. The summed E-state index contributed by atoms with van der Waals surface area (Å²) in [5, 5.41) is 3.26. The van der Waals surface area contributed by atoms with Crippen molar-refractivity contribution < 1.29 is 9.53 Å². The lowest BCUT2D eigenvalue weighted by Gasteiger charge is -2.37. The maximum absolute atomic E-state index is 12.6. The zero-order valence-electron chi connectivity index (χ0n) is 16.2. The molecule has 1 N–H and O–H groups in total. The molecule has 1 aliphatic heterocycles. The molecular formula is C21H33N3O2. The van der Waals surface area contributed by atoms with Crippen LogP contribution >= 0.6 is 0 Å². The highest BCUT2D eigenvalue weighted by Gasteiger charge is 2.25. The second-order valence-electron chi connectivity index (χ2n) is 7.75. The van der Waals surface area contributed by atoms with Gasteiger partial charge in [0, 0.05) is 32.2 Å². The number of rotatable bonds is 4. The van der Waals surface area contributed by atoms with E-state index in [-0.39, 0.29) is 12.1 Å². The zero-order valence-corrected chi connectivity index (χ0v) is 16.2. The van der Waals surface area contributed by atoms with E-state index in [1.807, 2.05) is 36.9 Å². The number of anilines is 1. The molecule has 26 heavy (non-hydrogen) atoms. The molecule has 1 heterocycles. The summed E-state index contributed by atoms with van der Waals surface area (Å²) in [4.78, 5) is 16.9. The van der Waals surface area contributed by atoms with Crippen molar-refractivity contribution in [1.82, 2.24) is 10.2 Å². The molecule has 1 aromatic rings. The first kappa shape index (κ1) is 18.9. The molecule has 1 saturated heterocycles. The molecule has 1 aromatic carbocycles. The normalized spacial score (nSPS) is 19.3. The summed E-state index contributed by atoms with van der Waals surface area (Å²) < 4.78 is 5.95. The van der Waals surface area contributed by atoms with Crippen LogP contribution in [0.1, 0.15) is 52.4 Å². The first-order valence-corrected chi connectivity index (χ1v) is 10.2. The summed E-state index contributed by atoms with van der Waals surface area (Å²) in [5.41, 5.74) is 1.13. The van der Waals surface area contributed by atoms with Crippen LogP contribution in [-0.2, 0) is 0 Å². The highest BCUT2D eigenvalue weighted by atomic mass is 16.5. The smallest absolute Gasteiger partial charge is 0.317 e. The summed E-state index contributed by atoms with van der Waals surface area (Å²) in [7, 11) is 0. The number of ether oxygens (including phenoxy) is 1. The number of carbonyl (C=O) groups excluding carboxylic acids is 1. The lowest BCUT2D eigenvalue weighted by Crippen LogP contribution is -2.53. The fourth-order valence-corrected chi connectivity index (χ4v) is 3.91. The second-order valence-corrected chi connectivity index (χ2v) is 7.75. The van der Waals surface area contributed by atoms with E-state index in [0.29, 0.717) is 6.04 Å². The molecule has 144 valence electrons. The van der Waals surface area contributed by atoms with Crippen molar-refractivity contribution in [3.8, 4) is 5.75 Å². The maximum atomic E-state index is 12.6. The number of nitrogens with zero attached hydrogens (tertiary/aromatic N) is 2. The minimum atomic E-state index is 0.114. The second kappa shape index (κ2) is 9.15. The summed E-state index contributed by atoms with van der Waals surface area (Å²) in [6.45, 7) is 7.30. The van der Waals surface area contributed by atoms with E-state index >= 15 is 0 Å². The maximum Gasteiger partial charge on any atom is 0.317 e. The Bertz CT molecular complexity index is 574. The Labute approximate surface area is 157 Å². The van der Waals surface area contributed by atoms with Gasteiger partial charge in [0.05, 0.1) is 11.8 Å². The van der Waals surface area contributed by atoms with Crippen LogP contribution < -0.4 is 15.0 Å². The molecule has 1 aliphatic carbocycles. The molecule has 0 unspecified atom stereocenters. The summed E-state index contributed by atoms with van der Waals surface area (Å²) in [5.74, 6) is 0.929. The third-order valence-corrected chi connectivity index (χ3v) is 5.32. The van der Waals surface area contributed by atoms with E-state index in [1.54, 1.807) is 0 Å². The standard InChI is InChI=1S/C21H33N3O2/c1-17(2)26-20-12-8-7-11-19(20)23-13-15-24(16-14-23)21(25)22-18-9-5-3-4-6-10-18/h7-8,11-12,17-18H,3-6,9-10,13-16H2,1-2H3,(H,22,25). The van der Waals surface area contributed by atoms with Gasteiger partial charge >= 0.3 is 6.03 Å². The van der Waals surface area contributed by atoms with E-state index in [9.17, 15) is 4.79 Å². The lowest BCUT2D eigenvalue weighted by atomic mass is 10.1. The van der Waals surface area contributed by atoms with Gasteiger partial charge in [-0.25, -0.2) is 4.79 Å². The third kappa shape index (κ3) is 5.05. The van der Waals surface area contributed by atoms with Crippen LogP contribution in [-0.4, -0.2) is 49.3 Å². The molecule has 0 bridgehead atoms. The Morgan fingerprint density at radius 3 is 2.35 bits per heavy atom. The number of amides is 2. The highest BCUT2D eigenvalue weighted by Crippen LogP contribution is 2.29. The van der Waals surface area contributed by atoms with Crippen molar-refractivity contribution in [2.24, 2.45) is 0 Å². The predicted octanol–water partition coefficient (Wildman–Crippen LogP) is 4.03. The van der Waals surface area contributed by atoms with Gasteiger partial charge in [-0.15, -0.1) is 0 Å². The number of piperazine rings is 1. The van der Waals surface area contributed by atoms with E-state index < -0.39 is 0 Å². The van der Waals surface area contributed by atoms with Crippen molar-refractivity contribution in [2.75, 3.05) is 31.1 Å². The molecule has 0 atom stereocenters. The Morgan fingerprint density at radius 2 is 1.69 bits per heavy atom. The number of urea groups is 1. The molecule has 2 fully saturated rings. The quantitative estimate of drug-likeness (QED) is 0.826. The van der Waals surface area contributed by atoms with Crippen LogP contribution in [0.4, 0.5) is 10.5 Å². The molecule has 1 saturated carbocycles. The zero-order chi connectivity index (χ0) is 18.4. The number of carbonyl (C=O) groups is 1. The van der Waals surface area contributed by atoms with E-state index in [4.69, 9.17) is 4.74 Å². The van der Waals surface area contributed by atoms with Gasteiger partial charge in [-0.1, -0.05) is 37.8 Å². The Hall–Kier alpha value is -1.91. The van der Waals surface area contributed by atoms with Crippen LogP contribution in [0.5, 0.6) is 5.75 Å². The molecule has 3 rings (SSSR count). The summed E-state index contributed by atoms with van der Waals surface area (Å²) in [6, 6.07) is 8.68. The van der Waals surface area contributed by atoms with Gasteiger partial charge in [0.1, 0.15) is 5.75 Å². The van der Waals surface area contributed by atoms with E-state index in [2.05, 4.69) is 16.3 Å². The summed E-state index contributed by atoms with van der Waals surface area (Å²) in [6.07, 6.45) is 7.52. The van der Waals surface area contributed by atoms with Crippen molar-refractivity contribution in [1.29, 1.82) is 0 Å². The van der Waals surface area contributed by atoms with Crippen LogP contribution in [0, 0.1) is 0 Å². The SMILES string of the molecule is CC(C)Oc1ccccc1N1CCN(C(=O)NC2CCCCCC2)CC1. The number of nitrogens with one attached hydrogen (secondary N) is 1. The molecule has 5 nitrogen and oxygen atoms in total. The monoisotopic (exact) mass is 359 g/mol. The molecule has 0 aromatic heterocycles. The van der Waals surface area contributed by atoms with E-state index in [1.165, 1.54) is 25.7 Å². The number of para-hydroxylation sites is 2. The van der Waals surface area contributed by atoms with Crippen LogP contribution in [0.2, 0.25) is 0 Å². The van der Waals surface area contributed by atoms with Crippen LogP contribution in [0.3, 0.4) is 0 Å². The minimum Gasteiger partial charge on any atom is -0.489 e. The Balaban J connectivity index is 1.53. The molecule has 0 spiro atoms. The molecule has 0 radical (unpaired) electrons. The summed E-state index contributed by atoms with van der Waals surface area (Å²) >= 11 is 0. The average Bonchev–Trinajstić information content (AvgIpc) is 2.90. The van der Waals surface area contributed by atoms with Gasteiger partial charge in [-0.2, -0.15) is 0 Å². The Kier molecular flexibility index (Phi) is 6.64. The minimum absolute atomic E-state index is 0.114. The Morgan fingerprint density at radius 1 is 1.04 bits per heavy atom. The number of benzene rings is 1. The van der Waals surface area contributed by atoms with Crippen molar-refractivity contribution in [3.63, 3.8) is 0 Å². The topological polar surface area (TPSA) is 44.8 Å². The first-order chi connectivity index (χ1) is 12.6. The van der Waals surface area contributed by atoms with E-state index in [0.717, 1.165) is 50.5 Å². The lowest BCUT2D eigenvalue weighted by molar-refractivity contribution is 0.188. The van der Waals surface area contributed by atoms with Crippen LogP contribution in [0.15, 0.2) is 24.3 Å². The average molecular weight is 360 g/mol. The number of hydrogen-bond donors (Lipinski definition) is 1. The molecule has 5 heteroatoms. The molecular weight excluding hydrogens is 326 g/mol. The third-order valence-electron chi connectivity index (χ3n) is 5.32. The number of hydrogen-bond acceptors (Lipinski definition) is 3. The predicted molar refractivity (Wildman–Crippen MR) is 106 cm³/mol. The van der Waals surface area contributed by atoms with Gasteiger partial charge in [0.25, 0.3) is 0 Å².